The molecule has 4 aliphatic carbocycles. The van der Waals surface area contributed by atoms with Gasteiger partial charge in [0.25, 0.3) is 0 Å². The summed E-state index contributed by atoms with van der Waals surface area (Å²) in [5.41, 5.74) is -0.381. The van der Waals surface area contributed by atoms with Gasteiger partial charge in [-0.3, -0.25) is 9.59 Å². The molecule has 4 rings (SSSR count). The van der Waals surface area contributed by atoms with Crippen LogP contribution in [0.3, 0.4) is 0 Å². The average molecular weight is 548 g/mol. The highest BCUT2D eigenvalue weighted by Crippen LogP contribution is 2.67. The zero-order chi connectivity index (χ0) is 28.8. The van der Waals surface area contributed by atoms with Crippen LogP contribution in [0.15, 0.2) is 0 Å². The predicted octanol–water partition coefficient (Wildman–Crippen LogP) is 5.90. The Hall–Kier alpha value is -2.12. The summed E-state index contributed by atoms with van der Waals surface area (Å²) in [6.45, 7) is 11.8. The van der Waals surface area contributed by atoms with Crippen molar-refractivity contribution in [1.82, 2.24) is 5.32 Å². The van der Waals surface area contributed by atoms with Crippen LogP contribution in [0.1, 0.15) is 112 Å². The summed E-state index contributed by atoms with van der Waals surface area (Å²) in [5, 5.41) is 11.7. The van der Waals surface area contributed by atoms with E-state index in [4.69, 9.17) is 14.6 Å². The van der Waals surface area contributed by atoms with Crippen LogP contribution in [0.25, 0.3) is 0 Å². The fraction of sp³-hybridized carbons (Fsp3) is 0.871. The number of fused-ring (bicyclic) bond motifs is 5. The summed E-state index contributed by atoms with van der Waals surface area (Å²) in [4.78, 5) is 49.0. The zero-order valence-electron chi connectivity index (χ0n) is 24.7. The maximum atomic E-state index is 13.1. The number of amides is 1. The van der Waals surface area contributed by atoms with E-state index in [-0.39, 0.29) is 35.7 Å². The summed E-state index contributed by atoms with van der Waals surface area (Å²) < 4.78 is 11.2. The smallest absolute Gasteiger partial charge is 0.408 e. The molecule has 8 heteroatoms. The first-order chi connectivity index (χ1) is 18.1. The molecular weight excluding hydrogens is 498 g/mol. The predicted molar refractivity (Wildman–Crippen MR) is 146 cm³/mol. The highest BCUT2D eigenvalue weighted by molar-refractivity contribution is 5.82. The van der Waals surface area contributed by atoms with Gasteiger partial charge in [-0.2, -0.15) is 0 Å². The van der Waals surface area contributed by atoms with Crippen LogP contribution < -0.4 is 5.32 Å². The molecule has 39 heavy (non-hydrogen) atoms. The minimum absolute atomic E-state index is 0.0492. The van der Waals surface area contributed by atoms with Crippen molar-refractivity contribution in [3.05, 3.63) is 0 Å². The number of rotatable bonds is 7. The number of carboxylic acids is 1. The third kappa shape index (κ3) is 6.14. The van der Waals surface area contributed by atoms with E-state index in [0.29, 0.717) is 29.5 Å². The van der Waals surface area contributed by atoms with Crippen molar-refractivity contribution in [3.63, 3.8) is 0 Å². The SMILES string of the molecule is CC(=O)C1CCC2C3CC[C@@H]4C[C@H](OC(=O)[C@@H](CCC(=O)O)NC(=O)OC(C)(C)C)CC[C@]4(C)C3CC[C@]12C. The van der Waals surface area contributed by atoms with Crippen LogP contribution in [-0.2, 0) is 23.9 Å². The molecule has 0 aromatic carbocycles. The van der Waals surface area contributed by atoms with E-state index in [1.165, 1.54) is 19.3 Å². The minimum atomic E-state index is -1.06. The number of carboxylic acid groups (broad SMARTS) is 1. The summed E-state index contributed by atoms with van der Waals surface area (Å²) in [7, 11) is 0. The van der Waals surface area contributed by atoms with Gasteiger partial charge in [0.15, 0.2) is 0 Å². The number of hydrogen-bond acceptors (Lipinski definition) is 6. The van der Waals surface area contributed by atoms with Gasteiger partial charge in [-0.15, -0.1) is 0 Å². The fourth-order valence-electron chi connectivity index (χ4n) is 9.21. The Kier molecular flexibility index (Phi) is 8.45. The second-order valence-corrected chi connectivity index (χ2v) is 14.4. The highest BCUT2D eigenvalue weighted by atomic mass is 16.6. The van der Waals surface area contributed by atoms with Crippen LogP contribution in [0, 0.1) is 40.4 Å². The lowest BCUT2D eigenvalue weighted by atomic mass is 9.44. The van der Waals surface area contributed by atoms with Crippen LogP contribution in [0.4, 0.5) is 4.79 Å². The molecule has 0 heterocycles. The van der Waals surface area contributed by atoms with Crippen molar-refractivity contribution in [1.29, 1.82) is 0 Å². The Balaban J connectivity index is 1.39. The molecule has 0 aliphatic heterocycles. The summed E-state index contributed by atoms with van der Waals surface area (Å²) >= 11 is 0. The van der Waals surface area contributed by atoms with Gasteiger partial charge in [0.05, 0.1) is 0 Å². The first-order valence-electron chi connectivity index (χ1n) is 15.1. The maximum Gasteiger partial charge on any atom is 0.408 e. The highest BCUT2D eigenvalue weighted by Gasteiger charge is 2.61. The molecule has 2 N–H and O–H groups in total. The van der Waals surface area contributed by atoms with E-state index in [9.17, 15) is 19.2 Å². The van der Waals surface area contributed by atoms with Crippen molar-refractivity contribution in [2.24, 2.45) is 40.4 Å². The van der Waals surface area contributed by atoms with Gasteiger partial charge in [-0.1, -0.05) is 13.8 Å². The van der Waals surface area contributed by atoms with E-state index < -0.39 is 29.7 Å². The summed E-state index contributed by atoms with van der Waals surface area (Å²) in [6, 6.07) is -1.06. The molecule has 1 amide bonds. The van der Waals surface area contributed by atoms with Crippen LogP contribution >= 0.6 is 0 Å². The molecule has 4 fully saturated rings. The van der Waals surface area contributed by atoms with Crippen LogP contribution in [0.2, 0.25) is 0 Å². The molecule has 9 atom stereocenters. The lowest BCUT2D eigenvalue weighted by molar-refractivity contribution is -0.165. The number of ether oxygens (including phenoxy) is 2. The Labute approximate surface area is 233 Å². The lowest BCUT2D eigenvalue weighted by Crippen LogP contribution is -2.54. The molecule has 0 radical (unpaired) electrons. The van der Waals surface area contributed by atoms with Gasteiger partial charge in [0.2, 0.25) is 0 Å². The van der Waals surface area contributed by atoms with Gasteiger partial charge in [0, 0.05) is 12.3 Å². The zero-order valence-corrected chi connectivity index (χ0v) is 24.7. The number of ketones is 1. The van der Waals surface area contributed by atoms with Crippen molar-refractivity contribution >= 4 is 23.8 Å². The molecule has 0 bridgehead atoms. The Morgan fingerprint density at radius 3 is 2.26 bits per heavy atom. The van der Waals surface area contributed by atoms with E-state index in [1.807, 2.05) is 0 Å². The molecule has 0 saturated heterocycles. The van der Waals surface area contributed by atoms with E-state index in [0.717, 1.165) is 38.5 Å². The Morgan fingerprint density at radius 1 is 0.949 bits per heavy atom. The first kappa shape index (κ1) is 29.9. The van der Waals surface area contributed by atoms with Gasteiger partial charge >= 0.3 is 18.0 Å². The van der Waals surface area contributed by atoms with E-state index in [1.54, 1.807) is 27.7 Å². The monoisotopic (exact) mass is 547 g/mol. The number of aliphatic carboxylic acids is 1. The van der Waals surface area contributed by atoms with E-state index >= 15 is 0 Å². The van der Waals surface area contributed by atoms with Gasteiger partial charge in [-0.05, 0) is 126 Å². The van der Waals surface area contributed by atoms with Gasteiger partial charge in [0.1, 0.15) is 23.5 Å². The van der Waals surface area contributed by atoms with Crippen molar-refractivity contribution in [2.45, 2.75) is 130 Å². The second kappa shape index (κ2) is 11.0. The molecular formula is C31H49NO7. The molecule has 8 nitrogen and oxygen atoms in total. The quantitative estimate of drug-likeness (QED) is 0.381. The number of esters is 1. The number of hydrogen-bond donors (Lipinski definition) is 2. The molecule has 0 aromatic rings. The normalized spacial score (nSPS) is 38.4. The summed E-state index contributed by atoms with van der Waals surface area (Å²) in [5.74, 6) is 1.38. The molecule has 0 spiro atoms. The van der Waals surface area contributed by atoms with Crippen LogP contribution in [-0.4, -0.2) is 46.7 Å². The van der Waals surface area contributed by atoms with Gasteiger partial charge < -0.3 is 19.9 Å². The average Bonchev–Trinajstić information content (AvgIpc) is 3.18. The van der Waals surface area contributed by atoms with Crippen molar-refractivity contribution in [2.75, 3.05) is 0 Å². The molecule has 4 unspecified atom stereocenters. The number of Topliss-reactive ketones (excluding diaryl/α,β-unsaturated/α-hetero) is 1. The topological polar surface area (TPSA) is 119 Å². The number of carbonyl (C=O) groups excluding carboxylic acids is 3. The first-order valence-corrected chi connectivity index (χ1v) is 15.1. The maximum absolute atomic E-state index is 13.1. The Morgan fingerprint density at radius 2 is 1.62 bits per heavy atom. The van der Waals surface area contributed by atoms with Crippen molar-refractivity contribution in [3.8, 4) is 0 Å². The van der Waals surface area contributed by atoms with Crippen molar-refractivity contribution < 1.29 is 33.8 Å². The Bertz CT molecular complexity index is 972. The number of nitrogens with one attached hydrogen (secondary N) is 1. The van der Waals surface area contributed by atoms with Gasteiger partial charge in [-0.25, -0.2) is 9.59 Å². The second-order valence-electron chi connectivity index (χ2n) is 14.4. The van der Waals surface area contributed by atoms with E-state index in [2.05, 4.69) is 19.2 Å². The van der Waals surface area contributed by atoms with Crippen LogP contribution in [0.5, 0.6) is 0 Å². The largest absolute Gasteiger partial charge is 0.481 e. The number of carbonyl (C=O) groups is 4. The standard InChI is InChI=1S/C31H49NO7/c1-18(33)22-9-10-23-21-8-7-19-17-20(13-15-30(19,5)24(21)14-16-31(22,23)6)38-27(36)25(11-12-26(34)35)32-28(37)39-29(2,3)4/h19-25H,7-17H2,1-6H3,(H,32,37)(H,34,35)/t19-,20-,21?,22?,23?,24?,25-,30+,31-/m1/s1. The lowest BCUT2D eigenvalue weighted by Gasteiger charge is -2.61. The molecule has 4 saturated carbocycles. The third-order valence-electron chi connectivity index (χ3n) is 11.0. The minimum Gasteiger partial charge on any atom is -0.481 e. The summed E-state index contributed by atoms with van der Waals surface area (Å²) in [6.07, 6.45) is 8.09. The molecule has 4 aliphatic rings. The molecule has 220 valence electrons. The molecule has 0 aromatic heterocycles. The third-order valence-corrected chi connectivity index (χ3v) is 11.0. The fourth-order valence-corrected chi connectivity index (χ4v) is 9.21. The number of alkyl carbamates (subject to hydrolysis) is 1.